The van der Waals surface area contributed by atoms with Crippen molar-refractivity contribution >= 4 is 5.97 Å². The first-order chi connectivity index (χ1) is 13.1. The molecule has 2 aliphatic heterocycles. The molecule has 2 aliphatic rings. The maximum atomic E-state index is 12.2. The van der Waals surface area contributed by atoms with Crippen LogP contribution in [0.1, 0.15) is 24.8 Å². The third kappa shape index (κ3) is 5.29. The van der Waals surface area contributed by atoms with E-state index in [0.717, 1.165) is 19.4 Å². The number of carboxylic acids is 1. The van der Waals surface area contributed by atoms with Gasteiger partial charge in [-0.05, 0) is 31.2 Å². The molecule has 0 spiro atoms. The normalized spacial score (nSPS) is 28.0. The summed E-state index contributed by atoms with van der Waals surface area (Å²) in [6.07, 6.45) is 1.74. The van der Waals surface area contributed by atoms with Crippen LogP contribution >= 0.6 is 0 Å². The van der Waals surface area contributed by atoms with Crippen molar-refractivity contribution in [2.75, 3.05) is 46.1 Å². The van der Waals surface area contributed by atoms with E-state index >= 15 is 0 Å². The number of hydrogen-bond acceptors (Lipinski definition) is 5. The fraction of sp³-hybridized carbons (Fsp3) is 0.667. The predicted molar refractivity (Wildman–Crippen MR) is 102 cm³/mol. The van der Waals surface area contributed by atoms with Gasteiger partial charge in [0.2, 0.25) is 0 Å². The predicted octanol–water partition coefficient (Wildman–Crippen LogP) is 1.81. The van der Waals surface area contributed by atoms with E-state index < -0.39 is 17.5 Å². The molecule has 2 fully saturated rings. The third-order valence-corrected chi connectivity index (χ3v) is 5.81. The van der Waals surface area contributed by atoms with Crippen LogP contribution in [0.3, 0.4) is 0 Å². The van der Waals surface area contributed by atoms with Crippen molar-refractivity contribution in [1.82, 2.24) is 4.90 Å². The molecule has 6 nitrogen and oxygen atoms in total. The number of benzene rings is 1. The molecule has 0 aliphatic carbocycles. The van der Waals surface area contributed by atoms with Gasteiger partial charge in [-0.1, -0.05) is 30.3 Å². The van der Waals surface area contributed by atoms with Gasteiger partial charge in [-0.3, -0.25) is 4.79 Å². The van der Waals surface area contributed by atoms with Gasteiger partial charge in [0, 0.05) is 25.6 Å². The van der Waals surface area contributed by atoms with Crippen LogP contribution in [0.25, 0.3) is 0 Å². The Hall–Kier alpha value is -1.47. The summed E-state index contributed by atoms with van der Waals surface area (Å²) in [6.45, 7) is 4.38. The Morgan fingerprint density at radius 1 is 1.19 bits per heavy atom. The van der Waals surface area contributed by atoms with Gasteiger partial charge in [0.25, 0.3) is 0 Å². The van der Waals surface area contributed by atoms with Crippen LogP contribution in [0, 0.1) is 11.3 Å². The molecule has 0 bridgehead atoms. The van der Waals surface area contributed by atoms with Gasteiger partial charge in [0.05, 0.1) is 32.5 Å². The number of nitrogens with zero attached hydrogens (tertiary/aromatic N) is 1. The van der Waals surface area contributed by atoms with Gasteiger partial charge in [0.15, 0.2) is 0 Å². The van der Waals surface area contributed by atoms with E-state index in [4.69, 9.17) is 9.47 Å². The van der Waals surface area contributed by atoms with Crippen molar-refractivity contribution < 1.29 is 24.5 Å². The molecule has 0 amide bonds. The largest absolute Gasteiger partial charge is 0.481 e. The van der Waals surface area contributed by atoms with Crippen LogP contribution in [-0.4, -0.2) is 73.2 Å². The fourth-order valence-electron chi connectivity index (χ4n) is 4.27. The molecule has 0 radical (unpaired) electrons. The SMILES string of the molecule is O=C(O)[C@]1(CCCc2ccccc2)CN(CC2COCCOC2)CC[C@H]1O. The minimum atomic E-state index is -1.10. The minimum absolute atomic E-state index is 0.249. The smallest absolute Gasteiger partial charge is 0.313 e. The number of ether oxygens (including phenoxy) is 2. The van der Waals surface area contributed by atoms with Crippen molar-refractivity contribution in [3.63, 3.8) is 0 Å². The number of aliphatic hydroxyl groups excluding tert-OH is 1. The molecular weight excluding hydrogens is 346 g/mol. The molecular formula is C21H31NO5. The lowest BCUT2D eigenvalue weighted by molar-refractivity contribution is -0.165. The fourth-order valence-corrected chi connectivity index (χ4v) is 4.27. The summed E-state index contributed by atoms with van der Waals surface area (Å²) in [6, 6.07) is 10.1. The zero-order chi connectivity index (χ0) is 19.1. The van der Waals surface area contributed by atoms with Gasteiger partial charge in [0.1, 0.15) is 5.41 Å². The van der Waals surface area contributed by atoms with Crippen LogP contribution in [0.2, 0.25) is 0 Å². The minimum Gasteiger partial charge on any atom is -0.481 e. The van der Waals surface area contributed by atoms with Gasteiger partial charge in [-0.25, -0.2) is 0 Å². The Morgan fingerprint density at radius 3 is 2.56 bits per heavy atom. The number of hydrogen-bond donors (Lipinski definition) is 2. The number of aryl methyl sites for hydroxylation is 1. The van der Waals surface area contributed by atoms with Crippen molar-refractivity contribution in [3.8, 4) is 0 Å². The monoisotopic (exact) mass is 377 g/mol. The van der Waals surface area contributed by atoms with Crippen LogP contribution in [0.15, 0.2) is 30.3 Å². The maximum absolute atomic E-state index is 12.2. The van der Waals surface area contributed by atoms with E-state index in [0.29, 0.717) is 52.4 Å². The second kappa shape index (κ2) is 9.64. The summed E-state index contributed by atoms with van der Waals surface area (Å²) in [7, 11) is 0. The van der Waals surface area contributed by atoms with Gasteiger partial charge < -0.3 is 24.6 Å². The highest BCUT2D eigenvalue weighted by Crippen LogP contribution is 2.36. The average Bonchev–Trinajstić information content (AvgIpc) is 2.93. The lowest BCUT2D eigenvalue weighted by Gasteiger charge is -2.44. The quantitative estimate of drug-likeness (QED) is 0.755. The molecule has 3 rings (SSSR count). The number of aliphatic hydroxyl groups is 1. The molecule has 0 unspecified atom stereocenters. The number of piperidine rings is 1. The number of carbonyl (C=O) groups is 1. The topological polar surface area (TPSA) is 79.2 Å². The zero-order valence-electron chi connectivity index (χ0n) is 15.9. The number of aliphatic carboxylic acids is 1. The summed E-state index contributed by atoms with van der Waals surface area (Å²) < 4.78 is 11.1. The molecule has 1 aromatic carbocycles. The highest BCUT2D eigenvalue weighted by molar-refractivity contribution is 5.76. The van der Waals surface area contributed by atoms with Crippen LogP contribution in [0.5, 0.6) is 0 Å². The lowest BCUT2D eigenvalue weighted by Crippen LogP contribution is -2.57. The number of carboxylic acid groups (broad SMARTS) is 1. The zero-order valence-corrected chi connectivity index (χ0v) is 15.9. The van der Waals surface area contributed by atoms with Gasteiger partial charge in [-0.2, -0.15) is 0 Å². The molecule has 27 heavy (non-hydrogen) atoms. The second-order valence-electron chi connectivity index (χ2n) is 7.86. The molecule has 2 heterocycles. The Morgan fingerprint density at radius 2 is 1.89 bits per heavy atom. The van der Waals surface area contributed by atoms with Crippen molar-refractivity contribution in [2.45, 2.75) is 31.8 Å². The Balaban J connectivity index is 1.61. The summed E-state index contributed by atoms with van der Waals surface area (Å²) in [5.41, 5.74) is 0.104. The van der Waals surface area contributed by atoms with Crippen molar-refractivity contribution in [3.05, 3.63) is 35.9 Å². The van der Waals surface area contributed by atoms with Crippen LogP contribution in [-0.2, 0) is 20.7 Å². The molecule has 150 valence electrons. The molecule has 0 aromatic heterocycles. The molecule has 0 saturated carbocycles. The standard InChI is InChI=1S/C21H31NO5/c23-19-8-10-22(13-18-14-26-11-12-27-15-18)16-21(19,20(24)25)9-4-7-17-5-2-1-3-6-17/h1-3,5-6,18-19,23H,4,7-16H2,(H,24,25)/t19-,21-/m1/s1. The Kier molecular flexibility index (Phi) is 7.24. The third-order valence-electron chi connectivity index (χ3n) is 5.81. The van der Waals surface area contributed by atoms with E-state index in [1.54, 1.807) is 0 Å². The summed E-state index contributed by atoms with van der Waals surface area (Å²) in [5.74, 6) is -0.639. The van der Waals surface area contributed by atoms with Crippen LogP contribution in [0.4, 0.5) is 0 Å². The van der Waals surface area contributed by atoms with E-state index in [9.17, 15) is 15.0 Å². The van der Waals surface area contributed by atoms with E-state index in [2.05, 4.69) is 17.0 Å². The average molecular weight is 377 g/mol. The second-order valence-corrected chi connectivity index (χ2v) is 7.86. The first-order valence-corrected chi connectivity index (χ1v) is 9.93. The summed E-state index contributed by atoms with van der Waals surface area (Å²) in [4.78, 5) is 14.4. The van der Waals surface area contributed by atoms with Crippen molar-refractivity contribution in [1.29, 1.82) is 0 Å². The van der Waals surface area contributed by atoms with Gasteiger partial charge in [-0.15, -0.1) is 0 Å². The summed E-state index contributed by atoms with van der Waals surface area (Å²) >= 11 is 0. The van der Waals surface area contributed by atoms with Crippen LogP contribution < -0.4 is 0 Å². The van der Waals surface area contributed by atoms with Crippen molar-refractivity contribution in [2.24, 2.45) is 11.3 Å². The summed E-state index contributed by atoms with van der Waals surface area (Å²) in [5, 5.41) is 20.6. The molecule has 2 atom stereocenters. The highest BCUT2D eigenvalue weighted by Gasteiger charge is 2.48. The van der Waals surface area contributed by atoms with E-state index in [1.165, 1.54) is 5.56 Å². The first-order valence-electron chi connectivity index (χ1n) is 9.93. The van der Waals surface area contributed by atoms with Gasteiger partial charge >= 0.3 is 5.97 Å². The van der Waals surface area contributed by atoms with E-state index in [-0.39, 0.29) is 5.92 Å². The number of rotatable bonds is 7. The van der Waals surface area contributed by atoms with E-state index in [1.807, 2.05) is 18.2 Å². The molecule has 1 aromatic rings. The Labute approximate surface area is 161 Å². The highest BCUT2D eigenvalue weighted by atomic mass is 16.5. The molecule has 2 N–H and O–H groups in total. The molecule has 2 saturated heterocycles. The lowest BCUT2D eigenvalue weighted by atomic mass is 9.73. The maximum Gasteiger partial charge on any atom is 0.313 e. The molecule has 6 heteroatoms. The Bertz CT molecular complexity index is 587. The first kappa shape index (κ1) is 20.3. The number of likely N-dealkylation sites (tertiary alicyclic amines) is 1.